The zero-order valence-electron chi connectivity index (χ0n) is 21.2. The van der Waals surface area contributed by atoms with E-state index in [2.05, 4.69) is 25.8 Å². The summed E-state index contributed by atoms with van der Waals surface area (Å²) in [5, 5.41) is 9.59. The summed E-state index contributed by atoms with van der Waals surface area (Å²) in [7, 11) is 0. The summed E-state index contributed by atoms with van der Waals surface area (Å²) in [6.45, 7) is 0.763. The highest BCUT2D eigenvalue weighted by molar-refractivity contribution is 5.94. The third-order valence-electron chi connectivity index (χ3n) is 7.83. The van der Waals surface area contributed by atoms with Crippen molar-refractivity contribution in [1.82, 2.24) is 30.7 Å². The Balaban J connectivity index is 1.18. The predicted octanol–water partition coefficient (Wildman–Crippen LogP) is 3.29. The van der Waals surface area contributed by atoms with Crippen molar-refractivity contribution in [3.8, 4) is 11.3 Å². The van der Waals surface area contributed by atoms with Gasteiger partial charge in [-0.3, -0.25) is 9.59 Å². The minimum atomic E-state index is -2.68. The number of alkyl halides is 2. The van der Waals surface area contributed by atoms with E-state index in [0.717, 1.165) is 6.07 Å². The molecule has 0 spiro atoms. The second kappa shape index (κ2) is 9.95. The van der Waals surface area contributed by atoms with Crippen LogP contribution in [-0.4, -0.2) is 63.4 Å². The van der Waals surface area contributed by atoms with Crippen LogP contribution in [0.25, 0.3) is 11.3 Å². The number of halogens is 4. The first-order valence-electron chi connectivity index (χ1n) is 13.1. The van der Waals surface area contributed by atoms with Gasteiger partial charge < -0.3 is 20.1 Å². The van der Waals surface area contributed by atoms with E-state index in [4.69, 9.17) is 4.52 Å². The molecule has 0 radical (unpaired) electrons. The molecule has 1 aromatic carbocycles. The first-order chi connectivity index (χ1) is 19.1. The van der Waals surface area contributed by atoms with E-state index < -0.39 is 46.9 Å². The summed E-state index contributed by atoms with van der Waals surface area (Å²) in [6, 6.07) is 5.22. The van der Waals surface area contributed by atoms with Gasteiger partial charge in [0.15, 0.2) is 17.3 Å². The molecule has 3 aliphatic rings. The first-order valence-corrected chi connectivity index (χ1v) is 13.1. The van der Waals surface area contributed by atoms with Crippen molar-refractivity contribution in [2.75, 3.05) is 19.6 Å². The van der Waals surface area contributed by atoms with Crippen LogP contribution in [0.1, 0.15) is 42.0 Å². The molecular formula is C27H26F4N6O3. The van der Waals surface area contributed by atoms with E-state index in [1.807, 2.05) is 4.90 Å². The molecule has 2 aliphatic carbocycles. The Morgan fingerprint density at radius 2 is 1.88 bits per heavy atom. The Morgan fingerprint density at radius 1 is 1.12 bits per heavy atom. The average molecular weight is 559 g/mol. The van der Waals surface area contributed by atoms with Crippen molar-refractivity contribution >= 4 is 11.8 Å². The summed E-state index contributed by atoms with van der Waals surface area (Å²) in [4.78, 5) is 37.1. The van der Waals surface area contributed by atoms with Gasteiger partial charge in [0, 0.05) is 62.5 Å². The second-order valence-corrected chi connectivity index (χ2v) is 10.7. The number of nitrogens with zero attached hydrogens (tertiary/aromatic N) is 4. The van der Waals surface area contributed by atoms with Crippen molar-refractivity contribution in [1.29, 1.82) is 0 Å². The van der Waals surface area contributed by atoms with Gasteiger partial charge in [-0.05, 0) is 37.5 Å². The van der Waals surface area contributed by atoms with Gasteiger partial charge in [0.2, 0.25) is 5.91 Å². The number of hydrogen-bond donors (Lipinski definition) is 2. The number of nitrogens with one attached hydrogen (secondary N) is 2. The van der Waals surface area contributed by atoms with Gasteiger partial charge in [0.25, 0.3) is 11.8 Å². The fourth-order valence-corrected chi connectivity index (χ4v) is 5.25. The van der Waals surface area contributed by atoms with Gasteiger partial charge in [0.1, 0.15) is 11.6 Å². The molecule has 1 aliphatic heterocycles. The third kappa shape index (κ3) is 5.29. The van der Waals surface area contributed by atoms with Crippen LogP contribution < -0.4 is 10.6 Å². The van der Waals surface area contributed by atoms with Crippen LogP contribution in [-0.2, 0) is 10.3 Å². The molecule has 2 amide bonds. The van der Waals surface area contributed by atoms with Crippen molar-refractivity contribution in [2.45, 2.75) is 43.2 Å². The van der Waals surface area contributed by atoms with E-state index in [1.165, 1.54) is 12.1 Å². The third-order valence-corrected chi connectivity index (χ3v) is 7.83. The normalized spacial score (nSPS) is 24.8. The van der Waals surface area contributed by atoms with Gasteiger partial charge >= 0.3 is 0 Å². The largest absolute Gasteiger partial charge is 0.355 e. The lowest BCUT2D eigenvalue weighted by molar-refractivity contribution is -0.128. The van der Waals surface area contributed by atoms with Crippen LogP contribution in [0.5, 0.6) is 0 Å². The topological polar surface area (TPSA) is 113 Å². The predicted molar refractivity (Wildman–Crippen MR) is 132 cm³/mol. The average Bonchev–Trinajstić information content (AvgIpc) is 3.76. The van der Waals surface area contributed by atoms with Gasteiger partial charge in [-0.1, -0.05) is 5.16 Å². The number of hydrogen-bond acceptors (Lipinski definition) is 7. The Kier molecular flexibility index (Phi) is 6.56. The molecule has 1 saturated heterocycles. The lowest BCUT2D eigenvalue weighted by atomic mass is 9.90. The number of likely N-dealkylation sites (tertiary alicyclic amines) is 1. The fraction of sp³-hybridized carbons (Fsp3) is 0.444. The smallest absolute Gasteiger partial charge is 0.273 e. The van der Waals surface area contributed by atoms with E-state index in [0.29, 0.717) is 37.7 Å². The molecule has 6 rings (SSSR count). The van der Waals surface area contributed by atoms with Crippen LogP contribution >= 0.6 is 0 Å². The maximum Gasteiger partial charge on any atom is 0.273 e. The number of piperidine rings is 1. The zero-order chi connectivity index (χ0) is 28.1. The van der Waals surface area contributed by atoms with Gasteiger partial charge in [0.05, 0.1) is 17.0 Å². The highest BCUT2D eigenvalue weighted by Gasteiger charge is 2.57. The number of carbonyl (C=O) groups is 2. The highest BCUT2D eigenvalue weighted by atomic mass is 19.3. The molecule has 0 unspecified atom stereocenters. The Bertz CT molecular complexity index is 1430. The van der Waals surface area contributed by atoms with E-state index in [9.17, 15) is 27.2 Å². The molecule has 3 fully saturated rings. The Hall–Kier alpha value is -3.87. The van der Waals surface area contributed by atoms with Crippen LogP contribution in [0.3, 0.4) is 0 Å². The lowest BCUT2D eigenvalue weighted by Crippen LogP contribution is -2.57. The van der Waals surface area contributed by atoms with E-state index >= 15 is 0 Å². The van der Waals surface area contributed by atoms with Crippen molar-refractivity contribution in [2.24, 2.45) is 11.8 Å². The molecule has 2 N–H and O–H groups in total. The maximum absolute atomic E-state index is 14.2. The van der Waals surface area contributed by atoms with Gasteiger partial charge in [-0.15, -0.1) is 0 Å². The molecular weight excluding hydrogens is 532 g/mol. The molecule has 9 nitrogen and oxygen atoms in total. The molecule has 0 bridgehead atoms. The quantitative estimate of drug-likeness (QED) is 0.408. The van der Waals surface area contributed by atoms with Crippen LogP contribution in [0.2, 0.25) is 0 Å². The zero-order valence-corrected chi connectivity index (χ0v) is 21.2. The highest BCUT2D eigenvalue weighted by Crippen LogP contribution is 2.49. The molecule has 40 heavy (non-hydrogen) atoms. The fourth-order valence-electron chi connectivity index (χ4n) is 5.25. The van der Waals surface area contributed by atoms with Crippen LogP contribution in [0.4, 0.5) is 17.6 Å². The summed E-state index contributed by atoms with van der Waals surface area (Å²) in [5.74, 6) is -6.33. The van der Waals surface area contributed by atoms with Crippen LogP contribution in [0, 0.1) is 23.5 Å². The lowest BCUT2D eigenvalue weighted by Gasteiger charge is -2.38. The van der Waals surface area contributed by atoms with E-state index in [1.54, 1.807) is 18.5 Å². The molecule has 2 saturated carbocycles. The SMILES string of the molecule is O=C(N[C@H]1CCN(C[C@@H]2CC2(F)F)C[C@@H]1C(=O)NC1(c2ncccn2)CC1)c1cc(-c2ccc(F)cc2F)on1. The summed E-state index contributed by atoms with van der Waals surface area (Å²) in [5.41, 5.74) is -0.901. The molecule has 3 aromatic rings. The van der Waals surface area contributed by atoms with Crippen LogP contribution in [0.15, 0.2) is 47.2 Å². The number of amides is 2. The van der Waals surface area contributed by atoms with Gasteiger partial charge in [-0.2, -0.15) is 0 Å². The Morgan fingerprint density at radius 3 is 2.55 bits per heavy atom. The van der Waals surface area contributed by atoms with Crippen molar-refractivity contribution in [3.05, 3.63) is 65.9 Å². The summed E-state index contributed by atoms with van der Waals surface area (Å²) < 4.78 is 59.8. The summed E-state index contributed by atoms with van der Waals surface area (Å²) in [6.07, 6.45) is 4.68. The van der Waals surface area contributed by atoms with E-state index in [-0.39, 0.29) is 42.4 Å². The molecule has 3 atom stereocenters. The molecule has 210 valence electrons. The summed E-state index contributed by atoms with van der Waals surface area (Å²) >= 11 is 0. The maximum atomic E-state index is 14.2. The monoisotopic (exact) mass is 558 g/mol. The number of rotatable bonds is 8. The number of aromatic nitrogens is 3. The molecule has 2 aromatic heterocycles. The molecule has 3 heterocycles. The minimum absolute atomic E-state index is 0.0596. The second-order valence-electron chi connectivity index (χ2n) is 10.7. The number of benzene rings is 1. The standard InChI is InChI=1S/C27H26F4N6O3/c28-16-2-3-17(19(29)10-16)22-11-21(36-40-22)24(39)34-20-4-9-37(13-15-12-27(15,30)31)14-18(20)23(38)35-26(5-6-26)25-32-7-1-8-33-25/h1-3,7-8,10-11,15,18,20H,4-6,9,12-14H2,(H,34,39)(H,35,38)/t15-,18-,20-/m0/s1. The van der Waals surface area contributed by atoms with Gasteiger partial charge in [-0.25, -0.2) is 27.5 Å². The minimum Gasteiger partial charge on any atom is -0.355 e. The Labute approximate surface area is 226 Å². The molecule has 13 heteroatoms. The van der Waals surface area contributed by atoms with Crippen molar-refractivity contribution in [3.63, 3.8) is 0 Å². The van der Waals surface area contributed by atoms with Crippen molar-refractivity contribution < 1.29 is 31.7 Å². The first kappa shape index (κ1) is 26.4. The number of carbonyl (C=O) groups excluding carboxylic acids is 2.